The zero-order valence-electron chi connectivity index (χ0n) is 9.90. The van der Waals surface area contributed by atoms with Gasteiger partial charge in [0.05, 0.1) is 7.11 Å². The Bertz CT molecular complexity index is 330. The van der Waals surface area contributed by atoms with Gasteiger partial charge in [0.25, 0.3) is 0 Å². The molecule has 0 aromatic carbocycles. The molecule has 1 unspecified atom stereocenters. The van der Waals surface area contributed by atoms with Crippen LogP contribution < -0.4 is 0 Å². The van der Waals surface area contributed by atoms with E-state index >= 15 is 0 Å². The van der Waals surface area contributed by atoms with E-state index in [9.17, 15) is 9.90 Å². The number of thiophene rings is 1. The van der Waals surface area contributed by atoms with Crippen molar-refractivity contribution in [2.24, 2.45) is 5.41 Å². The second-order valence-electron chi connectivity index (χ2n) is 4.55. The molecule has 1 aromatic rings. The van der Waals surface area contributed by atoms with Crippen LogP contribution >= 0.6 is 11.3 Å². The summed E-state index contributed by atoms with van der Waals surface area (Å²) in [5.41, 5.74) is 0.782. The van der Waals surface area contributed by atoms with Crippen LogP contribution in [-0.4, -0.2) is 24.3 Å². The second-order valence-corrected chi connectivity index (χ2v) is 5.33. The van der Waals surface area contributed by atoms with Crippen molar-refractivity contribution in [3.05, 3.63) is 22.4 Å². The third-order valence-electron chi connectivity index (χ3n) is 2.80. The zero-order chi connectivity index (χ0) is 12.2. The van der Waals surface area contributed by atoms with Gasteiger partial charge in [0.1, 0.15) is 0 Å². The van der Waals surface area contributed by atoms with Crippen LogP contribution in [0.2, 0.25) is 0 Å². The Kier molecular flexibility index (Phi) is 4.50. The van der Waals surface area contributed by atoms with Gasteiger partial charge >= 0.3 is 5.97 Å². The first-order valence-electron chi connectivity index (χ1n) is 5.24. The molecule has 0 saturated heterocycles. The highest BCUT2D eigenvalue weighted by Gasteiger charge is 2.33. The molecule has 0 aliphatic carbocycles. The summed E-state index contributed by atoms with van der Waals surface area (Å²) in [6.07, 6.45) is 0.556. The average Bonchev–Trinajstić information content (AvgIpc) is 2.77. The minimum Gasteiger partial charge on any atom is -0.467 e. The summed E-state index contributed by atoms with van der Waals surface area (Å²) in [6.45, 7) is 3.75. The normalized spacial score (nSPS) is 13.5. The van der Waals surface area contributed by atoms with Crippen LogP contribution in [-0.2, 0) is 16.0 Å². The Morgan fingerprint density at radius 2 is 2.31 bits per heavy atom. The summed E-state index contributed by atoms with van der Waals surface area (Å²) in [6, 6.07) is 2.06. The predicted molar refractivity (Wildman–Crippen MR) is 64.4 cm³/mol. The lowest BCUT2D eigenvalue weighted by Gasteiger charge is -2.28. The van der Waals surface area contributed by atoms with E-state index in [1.165, 1.54) is 12.7 Å². The Hall–Kier alpha value is -0.870. The standard InChI is InChI=1S/C12H18O3S/c1-12(2,10(13)11(14)15-3)6-4-9-5-7-16-8-9/h5,7-8,10,13H,4,6H2,1-3H3. The van der Waals surface area contributed by atoms with Gasteiger partial charge in [-0.15, -0.1) is 0 Å². The SMILES string of the molecule is COC(=O)C(O)C(C)(C)CCc1ccsc1. The molecule has 0 aliphatic heterocycles. The quantitative estimate of drug-likeness (QED) is 0.805. The third kappa shape index (κ3) is 3.32. The number of hydrogen-bond donors (Lipinski definition) is 1. The average molecular weight is 242 g/mol. The maximum Gasteiger partial charge on any atom is 0.335 e. The van der Waals surface area contributed by atoms with Crippen LogP contribution in [0, 0.1) is 5.41 Å². The molecule has 1 heterocycles. The van der Waals surface area contributed by atoms with Crippen molar-refractivity contribution in [2.45, 2.75) is 32.8 Å². The molecule has 1 aromatic heterocycles. The number of rotatable bonds is 5. The molecule has 90 valence electrons. The van der Waals surface area contributed by atoms with Crippen molar-refractivity contribution in [3.8, 4) is 0 Å². The van der Waals surface area contributed by atoms with E-state index < -0.39 is 17.5 Å². The highest BCUT2D eigenvalue weighted by molar-refractivity contribution is 7.07. The molecule has 16 heavy (non-hydrogen) atoms. The summed E-state index contributed by atoms with van der Waals surface area (Å²) in [5, 5.41) is 13.9. The van der Waals surface area contributed by atoms with Gasteiger partial charge in [-0.1, -0.05) is 13.8 Å². The van der Waals surface area contributed by atoms with Crippen LogP contribution in [0.15, 0.2) is 16.8 Å². The topological polar surface area (TPSA) is 46.5 Å². The van der Waals surface area contributed by atoms with Gasteiger partial charge in [-0.3, -0.25) is 0 Å². The number of ether oxygens (including phenoxy) is 1. The molecule has 0 bridgehead atoms. The largest absolute Gasteiger partial charge is 0.467 e. The van der Waals surface area contributed by atoms with Crippen LogP contribution in [0.5, 0.6) is 0 Å². The highest BCUT2D eigenvalue weighted by atomic mass is 32.1. The molecule has 0 spiro atoms. The minimum atomic E-state index is -1.06. The van der Waals surface area contributed by atoms with E-state index in [2.05, 4.69) is 16.2 Å². The molecule has 3 nitrogen and oxygen atoms in total. The van der Waals surface area contributed by atoms with E-state index in [1.807, 2.05) is 19.2 Å². The molecule has 0 radical (unpaired) electrons. The molecule has 0 saturated carbocycles. The van der Waals surface area contributed by atoms with Crippen LogP contribution in [0.25, 0.3) is 0 Å². The maximum absolute atomic E-state index is 11.2. The molecule has 0 aliphatic rings. The second kappa shape index (κ2) is 5.46. The first-order valence-corrected chi connectivity index (χ1v) is 6.18. The molecule has 1 rings (SSSR count). The van der Waals surface area contributed by atoms with Crippen LogP contribution in [0.4, 0.5) is 0 Å². The van der Waals surface area contributed by atoms with E-state index in [4.69, 9.17) is 0 Å². The van der Waals surface area contributed by atoms with Crippen molar-refractivity contribution in [1.29, 1.82) is 0 Å². The Balaban J connectivity index is 2.54. The molecule has 1 atom stereocenters. The number of carbonyl (C=O) groups excluding carboxylic acids is 1. The molecular formula is C12H18O3S. The van der Waals surface area contributed by atoms with Crippen molar-refractivity contribution in [1.82, 2.24) is 0 Å². The Morgan fingerprint density at radius 1 is 1.62 bits per heavy atom. The number of esters is 1. The number of aryl methyl sites for hydroxylation is 1. The first-order chi connectivity index (χ1) is 7.47. The lowest BCUT2D eigenvalue weighted by molar-refractivity contribution is -0.157. The van der Waals surface area contributed by atoms with Crippen molar-refractivity contribution < 1.29 is 14.6 Å². The lowest BCUT2D eigenvalue weighted by atomic mass is 9.81. The van der Waals surface area contributed by atoms with Gasteiger partial charge in [0.2, 0.25) is 0 Å². The van der Waals surface area contributed by atoms with E-state index in [0.717, 1.165) is 12.8 Å². The summed E-state index contributed by atoms with van der Waals surface area (Å²) in [7, 11) is 1.29. The highest BCUT2D eigenvalue weighted by Crippen LogP contribution is 2.28. The molecule has 0 amide bonds. The third-order valence-corrected chi connectivity index (χ3v) is 3.53. The fourth-order valence-corrected chi connectivity index (χ4v) is 2.17. The molecular weight excluding hydrogens is 224 g/mol. The lowest BCUT2D eigenvalue weighted by Crippen LogP contribution is -2.37. The van der Waals surface area contributed by atoms with Gasteiger partial charge in [0.15, 0.2) is 6.10 Å². The first kappa shape index (κ1) is 13.2. The number of aliphatic hydroxyl groups is 1. The predicted octanol–water partition coefficient (Wildman–Crippen LogP) is 2.24. The van der Waals surface area contributed by atoms with E-state index in [0.29, 0.717) is 0 Å². The smallest absolute Gasteiger partial charge is 0.335 e. The molecule has 4 heteroatoms. The summed E-state index contributed by atoms with van der Waals surface area (Å²) in [5.74, 6) is -0.560. The van der Waals surface area contributed by atoms with Crippen molar-refractivity contribution in [3.63, 3.8) is 0 Å². The number of methoxy groups -OCH3 is 1. The summed E-state index contributed by atoms with van der Waals surface area (Å²) in [4.78, 5) is 11.2. The summed E-state index contributed by atoms with van der Waals surface area (Å²) < 4.78 is 4.55. The fraction of sp³-hybridized carbons (Fsp3) is 0.583. The summed E-state index contributed by atoms with van der Waals surface area (Å²) >= 11 is 1.66. The van der Waals surface area contributed by atoms with Gasteiger partial charge in [-0.2, -0.15) is 11.3 Å². The van der Waals surface area contributed by atoms with E-state index in [-0.39, 0.29) is 0 Å². The van der Waals surface area contributed by atoms with Gasteiger partial charge < -0.3 is 9.84 Å². The Labute approximate surface area is 100 Å². The molecule has 0 fully saturated rings. The number of carbonyl (C=O) groups is 1. The zero-order valence-corrected chi connectivity index (χ0v) is 10.7. The van der Waals surface area contributed by atoms with E-state index in [1.54, 1.807) is 11.3 Å². The number of hydrogen-bond acceptors (Lipinski definition) is 4. The van der Waals surface area contributed by atoms with Crippen LogP contribution in [0.1, 0.15) is 25.8 Å². The van der Waals surface area contributed by atoms with Crippen LogP contribution in [0.3, 0.4) is 0 Å². The van der Waals surface area contributed by atoms with Crippen molar-refractivity contribution in [2.75, 3.05) is 7.11 Å². The Morgan fingerprint density at radius 3 is 2.81 bits per heavy atom. The van der Waals surface area contributed by atoms with Gasteiger partial charge in [-0.05, 0) is 35.2 Å². The fourth-order valence-electron chi connectivity index (χ4n) is 1.47. The minimum absolute atomic E-state index is 0.463. The monoisotopic (exact) mass is 242 g/mol. The maximum atomic E-state index is 11.2. The van der Waals surface area contributed by atoms with Gasteiger partial charge in [-0.25, -0.2) is 4.79 Å². The molecule has 1 N–H and O–H groups in total. The van der Waals surface area contributed by atoms with Gasteiger partial charge in [0, 0.05) is 5.41 Å². The van der Waals surface area contributed by atoms with Crippen molar-refractivity contribution >= 4 is 17.3 Å². The number of aliphatic hydroxyl groups excluding tert-OH is 1.